The second kappa shape index (κ2) is 5.79. The van der Waals surface area contributed by atoms with Crippen LogP contribution in [0.15, 0.2) is 0 Å². The molecule has 1 unspecified atom stereocenters. The van der Waals surface area contributed by atoms with Crippen molar-refractivity contribution in [3.8, 4) is 0 Å². The van der Waals surface area contributed by atoms with Gasteiger partial charge in [0.1, 0.15) is 0 Å². The Bertz CT molecular complexity index is 273. The average Bonchev–Trinajstić information content (AvgIpc) is 2.17. The fourth-order valence-electron chi connectivity index (χ4n) is 1.52. The summed E-state index contributed by atoms with van der Waals surface area (Å²) in [4.78, 5) is 0. The van der Waals surface area contributed by atoms with Crippen molar-refractivity contribution in [2.75, 3.05) is 19.6 Å². The van der Waals surface area contributed by atoms with E-state index in [9.17, 15) is 8.42 Å². The van der Waals surface area contributed by atoms with Crippen LogP contribution in [-0.2, 0) is 10.2 Å². The van der Waals surface area contributed by atoms with Crippen LogP contribution in [0.3, 0.4) is 0 Å². The van der Waals surface area contributed by atoms with Crippen LogP contribution in [0, 0.1) is 0 Å². The number of likely N-dealkylation sites (N-methyl/N-ethyl adjacent to an activating group) is 1. The summed E-state index contributed by atoms with van der Waals surface area (Å²) in [6, 6.07) is 0. The van der Waals surface area contributed by atoms with Gasteiger partial charge in [-0.1, -0.05) is 20.8 Å². The molecular weight excluding hydrogens is 214 g/mol. The molecule has 0 aliphatic heterocycles. The molecule has 3 N–H and O–H groups in total. The predicted octanol–water partition coefficient (Wildman–Crippen LogP) is 0.290. The fraction of sp³-hybridized carbons (Fsp3) is 1.00. The SMILES string of the molecule is CCNS(=O)(=O)N(CC)C(C)(CC)CN. The third-order valence-electron chi connectivity index (χ3n) is 2.71. The zero-order chi connectivity index (χ0) is 12.1. The molecule has 92 valence electrons. The van der Waals surface area contributed by atoms with Crippen LogP contribution in [-0.4, -0.2) is 37.9 Å². The highest BCUT2D eigenvalue weighted by Gasteiger charge is 2.35. The van der Waals surface area contributed by atoms with Crippen LogP contribution in [0.1, 0.15) is 34.1 Å². The molecule has 0 aromatic heterocycles. The van der Waals surface area contributed by atoms with Crippen LogP contribution in [0.25, 0.3) is 0 Å². The molecule has 0 amide bonds. The minimum Gasteiger partial charge on any atom is -0.329 e. The molecule has 0 aliphatic rings. The van der Waals surface area contributed by atoms with Crippen LogP contribution < -0.4 is 10.5 Å². The molecule has 0 rings (SSSR count). The molecule has 0 saturated carbocycles. The van der Waals surface area contributed by atoms with E-state index in [1.165, 1.54) is 4.31 Å². The Morgan fingerprint density at radius 1 is 1.33 bits per heavy atom. The van der Waals surface area contributed by atoms with Gasteiger partial charge in [0.15, 0.2) is 0 Å². The summed E-state index contributed by atoms with van der Waals surface area (Å²) >= 11 is 0. The lowest BCUT2D eigenvalue weighted by Crippen LogP contribution is -2.56. The van der Waals surface area contributed by atoms with Crippen LogP contribution in [0.2, 0.25) is 0 Å². The summed E-state index contributed by atoms with van der Waals surface area (Å²) in [6.45, 7) is 8.53. The minimum absolute atomic E-state index is 0.321. The molecule has 6 heteroatoms. The summed E-state index contributed by atoms with van der Waals surface area (Å²) < 4.78 is 27.7. The van der Waals surface area contributed by atoms with Gasteiger partial charge in [-0.05, 0) is 13.3 Å². The molecule has 0 radical (unpaired) electrons. The van der Waals surface area contributed by atoms with Crippen LogP contribution >= 0.6 is 0 Å². The second-order valence-corrected chi connectivity index (χ2v) is 5.40. The first-order valence-electron chi connectivity index (χ1n) is 5.35. The summed E-state index contributed by atoms with van der Waals surface area (Å²) in [7, 11) is -3.40. The van der Waals surface area contributed by atoms with E-state index in [0.717, 1.165) is 0 Å². The molecule has 0 bridgehead atoms. The molecule has 0 heterocycles. The van der Waals surface area contributed by atoms with Gasteiger partial charge in [0, 0.05) is 25.2 Å². The highest BCUT2D eigenvalue weighted by Crippen LogP contribution is 2.20. The van der Waals surface area contributed by atoms with Crippen molar-refractivity contribution < 1.29 is 8.42 Å². The van der Waals surface area contributed by atoms with E-state index in [1.54, 1.807) is 6.92 Å². The smallest absolute Gasteiger partial charge is 0.279 e. The molecule has 1 atom stereocenters. The molecular formula is C9H23N3O2S. The fourth-order valence-corrected chi connectivity index (χ4v) is 3.17. The average molecular weight is 237 g/mol. The molecule has 5 nitrogen and oxygen atoms in total. The normalized spacial score (nSPS) is 16.7. The lowest BCUT2D eigenvalue weighted by molar-refractivity contribution is 0.211. The lowest BCUT2D eigenvalue weighted by Gasteiger charge is -2.38. The van der Waals surface area contributed by atoms with E-state index in [4.69, 9.17) is 5.73 Å². The van der Waals surface area contributed by atoms with Crippen molar-refractivity contribution in [1.29, 1.82) is 0 Å². The van der Waals surface area contributed by atoms with Gasteiger partial charge >= 0.3 is 0 Å². The highest BCUT2D eigenvalue weighted by atomic mass is 32.2. The standard InChI is InChI=1S/C9H23N3O2S/c1-5-9(4,8-10)12(7-3)15(13,14)11-6-2/h11H,5-8,10H2,1-4H3. The summed E-state index contributed by atoms with van der Waals surface area (Å²) in [5.41, 5.74) is 5.15. The summed E-state index contributed by atoms with van der Waals surface area (Å²) in [5, 5.41) is 0. The zero-order valence-electron chi connectivity index (χ0n) is 10.1. The largest absolute Gasteiger partial charge is 0.329 e. The van der Waals surface area contributed by atoms with E-state index in [-0.39, 0.29) is 0 Å². The van der Waals surface area contributed by atoms with E-state index in [2.05, 4.69) is 4.72 Å². The number of rotatable bonds is 7. The Kier molecular flexibility index (Phi) is 5.72. The van der Waals surface area contributed by atoms with Gasteiger partial charge in [-0.3, -0.25) is 0 Å². The third-order valence-corrected chi connectivity index (χ3v) is 4.64. The molecule has 15 heavy (non-hydrogen) atoms. The topological polar surface area (TPSA) is 75.4 Å². The quantitative estimate of drug-likeness (QED) is 0.668. The number of nitrogens with two attached hydrogens (primary N) is 1. The summed E-state index contributed by atoms with van der Waals surface area (Å²) in [6.07, 6.45) is 0.696. The maximum absolute atomic E-state index is 11.9. The van der Waals surface area contributed by atoms with Gasteiger partial charge in [0.05, 0.1) is 0 Å². The van der Waals surface area contributed by atoms with Gasteiger partial charge in [-0.15, -0.1) is 0 Å². The Morgan fingerprint density at radius 3 is 2.13 bits per heavy atom. The van der Waals surface area contributed by atoms with Crippen molar-refractivity contribution in [1.82, 2.24) is 9.03 Å². The first-order chi connectivity index (χ1) is 6.87. The van der Waals surface area contributed by atoms with Gasteiger partial charge in [-0.25, -0.2) is 4.72 Å². The Balaban J connectivity index is 5.06. The van der Waals surface area contributed by atoms with E-state index < -0.39 is 15.7 Å². The molecule has 0 spiro atoms. The van der Waals surface area contributed by atoms with E-state index in [1.807, 2.05) is 20.8 Å². The van der Waals surface area contributed by atoms with Crippen molar-refractivity contribution in [3.05, 3.63) is 0 Å². The van der Waals surface area contributed by atoms with Crippen molar-refractivity contribution in [2.24, 2.45) is 5.73 Å². The first kappa shape index (κ1) is 14.8. The molecule has 0 saturated heterocycles. The molecule has 0 aliphatic carbocycles. The van der Waals surface area contributed by atoms with Crippen LogP contribution in [0.5, 0.6) is 0 Å². The maximum Gasteiger partial charge on any atom is 0.279 e. The number of nitrogens with one attached hydrogen (secondary N) is 1. The number of nitrogens with zero attached hydrogens (tertiary/aromatic N) is 1. The van der Waals surface area contributed by atoms with Gasteiger partial charge in [0.2, 0.25) is 0 Å². The van der Waals surface area contributed by atoms with Crippen molar-refractivity contribution in [2.45, 2.75) is 39.7 Å². The van der Waals surface area contributed by atoms with Gasteiger partial charge < -0.3 is 5.73 Å². The number of hydrogen-bond donors (Lipinski definition) is 2. The Morgan fingerprint density at radius 2 is 1.87 bits per heavy atom. The summed E-state index contributed by atoms with van der Waals surface area (Å²) in [5.74, 6) is 0. The van der Waals surface area contributed by atoms with Gasteiger partial charge in [-0.2, -0.15) is 12.7 Å². The number of hydrogen-bond acceptors (Lipinski definition) is 3. The highest BCUT2D eigenvalue weighted by molar-refractivity contribution is 7.87. The minimum atomic E-state index is -3.40. The zero-order valence-corrected chi connectivity index (χ0v) is 10.9. The van der Waals surface area contributed by atoms with Crippen LogP contribution in [0.4, 0.5) is 0 Å². The molecule has 0 fully saturated rings. The third kappa shape index (κ3) is 3.41. The predicted molar refractivity (Wildman–Crippen MR) is 62.7 cm³/mol. The van der Waals surface area contributed by atoms with E-state index >= 15 is 0 Å². The second-order valence-electron chi connectivity index (χ2n) is 3.72. The Hall–Kier alpha value is -0.170. The first-order valence-corrected chi connectivity index (χ1v) is 6.79. The molecule has 0 aromatic carbocycles. The Labute approximate surface area is 93.2 Å². The van der Waals surface area contributed by atoms with Gasteiger partial charge in [0.25, 0.3) is 10.2 Å². The van der Waals surface area contributed by atoms with Crippen molar-refractivity contribution >= 4 is 10.2 Å². The molecule has 0 aromatic rings. The van der Waals surface area contributed by atoms with E-state index in [0.29, 0.717) is 26.1 Å². The maximum atomic E-state index is 11.9. The monoisotopic (exact) mass is 237 g/mol. The van der Waals surface area contributed by atoms with Crippen molar-refractivity contribution in [3.63, 3.8) is 0 Å². The lowest BCUT2D eigenvalue weighted by atomic mass is 9.99.